The van der Waals surface area contributed by atoms with Crippen molar-refractivity contribution in [2.75, 3.05) is 19.6 Å². The first-order chi connectivity index (χ1) is 6.20. The van der Waals surface area contributed by atoms with Gasteiger partial charge in [-0.1, -0.05) is 20.8 Å². The second kappa shape index (κ2) is 3.61. The van der Waals surface area contributed by atoms with E-state index in [1.165, 1.54) is 32.5 Å². The maximum Gasteiger partial charge on any atom is 0.00129 e. The van der Waals surface area contributed by atoms with Crippen LogP contribution in [0.3, 0.4) is 0 Å². The summed E-state index contributed by atoms with van der Waals surface area (Å²) in [7, 11) is 0. The molecule has 76 valence electrons. The molecule has 2 unspecified atom stereocenters. The molecule has 2 atom stereocenters. The van der Waals surface area contributed by atoms with Crippen LogP contribution in [0.2, 0.25) is 0 Å². The molecule has 1 saturated carbocycles. The van der Waals surface area contributed by atoms with Crippen molar-refractivity contribution in [2.24, 2.45) is 23.7 Å². The number of nitrogens with zero attached hydrogens (tertiary/aromatic N) is 1. The Morgan fingerprint density at radius 3 is 2.08 bits per heavy atom. The number of likely N-dealkylation sites (tertiary alicyclic amines) is 1. The van der Waals surface area contributed by atoms with E-state index in [2.05, 4.69) is 25.7 Å². The highest BCUT2D eigenvalue weighted by molar-refractivity contribution is 4.92. The Morgan fingerprint density at radius 2 is 1.69 bits per heavy atom. The zero-order chi connectivity index (χ0) is 9.42. The molecule has 0 spiro atoms. The summed E-state index contributed by atoms with van der Waals surface area (Å²) >= 11 is 0. The minimum atomic E-state index is 0.917. The summed E-state index contributed by atoms with van der Waals surface area (Å²) in [5.41, 5.74) is 0. The highest BCUT2D eigenvalue weighted by Crippen LogP contribution is 2.44. The molecule has 13 heavy (non-hydrogen) atoms. The average Bonchev–Trinajstić information content (AvgIpc) is 2.58. The van der Waals surface area contributed by atoms with Crippen molar-refractivity contribution < 1.29 is 0 Å². The van der Waals surface area contributed by atoms with E-state index in [9.17, 15) is 0 Å². The average molecular weight is 181 g/mol. The van der Waals surface area contributed by atoms with Crippen molar-refractivity contribution in [3.8, 4) is 0 Å². The van der Waals surface area contributed by atoms with Crippen LogP contribution in [-0.4, -0.2) is 24.5 Å². The highest BCUT2D eigenvalue weighted by atomic mass is 15.1. The van der Waals surface area contributed by atoms with Crippen LogP contribution in [0.25, 0.3) is 0 Å². The fourth-order valence-electron chi connectivity index (χ4n) is 3.25. The molecule has 1 heteroatoms. The van der Waals surface area contributed by atoms with Crippen LogP contribution < -0.4 is 0 Å². The second-order valence-electron chi connectivity index (χ2n) is 5.35. The molecular formula is C12H23N. The van der Waals surface area contributed by atoms with Crippen LogP contribution in [0.4, 0.5) is 0 Å². The molecule has 1 nitrogen and oxygen atoms in total. The lowest BCUT2D eigenvalue weighted by Crippen LogP contribution is -2.22. The number of hydrogen-bond donors (Lipinski definition) is 0. The summed E-state index contributed by atoms with van der Waals surface area (Å²) in [4.78, 5) is 2.63. The van der Waals surface area contributed by atoms with E-state index >= 15 is 0 Å². The maximum atomic E-state index is 2.63. The predicted molar refractivity (Wildman–Crippen MR) is 56.7 cm³/mol. The van der Waals surface area contributed by atoms with Gasteiger partial charge >= 0.3 is 0 Å². The van der Waals surface area contributed by atoms with Gasteiger partial charge in [0, 0.05) is 13.1 Å². The third-order valence-corrected chi connectivity index (χ3v) is 4.25. The SMILES string of the molecule is CCN1CC2CC(C(C)C)CC2C1. The summed E-state index contributed by atoms with van der Waals surface area (Å²) in [6.07, 6.45) is 3.03. The van der Waals surface area contributed by atoms with Crippen LogP contribution in [0.15, 0.2) is 0 Å². The molecule has 0 bridgehead atoms. The number of rotatable bonds is 2. The van der Waals surface area contributed by atoms with Gasteiger partial charge in [-0.05, 0) is 43.1 Å². The van der Waals surface area contributed by atoms with E-state index in [0.717, 1.165) is 23.7 Å². The van der Waals surface area contributed by atoms with Gasteiger partial charge in [0.25, 0.3) is 0 Å². The Morgan fingerprint density at radius 1 is 1.15 bits per heavy atom. The van der Waals surface area contributed by atoms with Gasteiger partial charge in [-0.25, -0.2) is 0 Å². The quantitative estimate of drug-likeness (QED) is 0.633. The normalized spacial score (nSPS) is 40.2. The van der Waals surface area contributed by atoms with E-state index in [4.69, 9.17) is 0 Å². The molecule has 0 radical (unpaired) electrons. The van der Waals surface area contributed by atoms with Crippen molar-refractivity contribution in [2.45, 2.75) is 33.6 Å². The van der Waals surface area contributed by atoms with Gasteiger partial charge in [0.2, 0.25) is 0 Å². The third kappa shape index (κ3) is 1.76. The van der Waals surface area contributed by atoms with Crippen LogP contribution in [0.1, 0.15) is 33.6 Å². The van der Waals surface area contributed by atoms with Gasteiger partial charge in [0.1, 0.15) is 0 Å². The van der Waals surface area contributed by atoms with Crippen molar-refractivity contribution in [1.29, 1.82) is 0 Å². The van der Waals surface area contributed by atoms with Crippen LogP contribution in [0.5, 0.6) is 0 Å². The molecular weight excluding hydrogens is 158 g/mol. The van der Waals surface area contributed by atoms with E-state index in [1.54, 1.807) is 0 Å². The van der Waals surface area contributed by atoms with Gasteiger partial charge in [0.05, 0.1) is 0 Å². The van der Waals surface area contributed by atoms with Crippen molar-refractivity contribution in [1.82, 2.24) is 4.90 Å². The fourth-order valence-corrected chi connectivity index (χ4v) is 3.25. The van der Waals surface area contributed by atoms with Crippen molar-refractivity contribution >= 4 is 0 Å². The smallest absolute Gasteiger partial charge is 0.00129 e. The number of fused-ring (bicyclic) bond motifs is 1. The molecule has 0 aromatic carbocycles. The molecule has 1 saturated heterocycles. The fraction of sp³-hybridized carbons (Fsp3) is 1.00. The van der Waals surface area contributed by atoms with Gasteiger partial charge in [-0.3, -0.25) is 0 Å². The summed E-state index contributed by atoms with van der Waals surface area (Å²) in [6.45, 7) is 11.1. The number of hydrogen-bond acceptors (Lipinski definition) is 1. The Bertz CT molecular complexity index is 162. The van der Waals surface area contributed by atoms with E-state index in [0.29, 0.717) is 0 Å². The minimum absolute atomic E-state index is 0.917. The lowest BCUT2D eigenvalue weighted by molar-refractivity contribution is 0.289. The highest BCUT2D eigenvalue weighted by Gasteiger charge is 2.40. The lowest BCUT2D eigenvalue weighted by Gasteiger charge is -2.18. The van der Waals surface area contributed by atoms with Crippen LogP contribution in [0, 0.1) is 23.7 Å². The molecule has 0 amide bonds. The zero-order valence-corrected chi connectivity index (χ0v) is 9.29. The van der Waals surface area contributed by atoms with Crippen molar-refractivity contribution in [3.05, 3.63) is 0 Å². The Labute approximate surface area is 82.5 Å². The first kappa shape index (κ1) is 9.51. The Balaban J connectivity index is 1.89. The van der Waals surface area contributed by atoms with E-state index in [-0.39, 0.29) is 0 Å². The van der Waals surface area contributed by atoms with Gasteiger partial charge in [-0.2, -0.15) is 0 Å². The molecule has 0 aromatic heterocycles. The molecule has 2 fully saturated rings. The summed E-state index contributed by atoms with van der Waals surface area (Å²) in [5, 5.41) is 0. The minimum Gasteiger partial charge on any atom is -0.303 e. The molecule has 1 heterocycles. The summed E-state index contributed by atoms with van der Waals surface area (Å²) in [6, 6.07) is 0. The summed E-state index contributed by atoms with van der Waals surface area (Å²) in [5.74, 6) is 4.05. The second-order valence-corrected chi connectivity index (χ2v) is 5.35. The Hall–Kier alpha value is -0.0400. The van der Waals surface area contributed by atoms with Gasteiger partial charge in [-0.15, -0.1) is 0 Å². The van der Waals surface area contributed by atoms with Gasteiger partial charge < -0.3 is 4.90 Å². The predicted octanol–water partition coefficient (Wildman–Crippen LogP) is 2.62. The first-order valence-electron chi connectivity index (χ1n) is 5.93. The van der Waals surface area contributed by atoms with Crippen LogP contribution in [-0.2, 0) is 0 Å². The largest absolute Gasteiger partial charge is 0.303 e. The molecule has 2 rings (SSSR count). The Kier molecular flexibility index (Phi) is 2.64. The molecule has 2 aliphatic rings. The molecule has 1 aliphatic carbocycles. The van der Waals surface area contributed by atoms with Crippen molar-refractivity contribution in [3.63, 3.8) is 0 Å². The standard InChI is InChI=1S/C12H23N/c1-4-13-7-11-5-10(9(2)3)6-12(11)8-13/h9-12H,4-8H2,1-3H3. The monoisotopic (exact) mass is 181 g/mol. The van der Waals surface area contributed by atoms with Crippen LogP contribution >= 0.6 is 0 Å². The van der Waals surface area contributed by atoms with E-state index < -0.39 is 0 Å². The maximum absolute atomic E-state index is 2.63. The molecule has 0 N–H and O–H groups in total. The van der Waals surface area contributed by atoms with Gasteiger partial charge in [0.15, 0.2) is 0 Å². The zero-order valence-electron chi connectivity index (χ0n) is 9.29. The third-order valence-electron chi connectivity index (χ3n) is 4.25. The summed E-state index contributed by atoms with van der Waals surface area (Å²) < 4.78 is 0. The van der Waals surface area contributed by atoms with E-state index in [1.807, 2.05) is 0 Å². The first-order valence-corrected chi connectivity index (χ1v) is 5.93. The topological polar surface area (TPSA) is 3.24 Å². The lowest BCUT2D eigenvalue weighted by atomic mass is 9.93. The molecule has 0 aromatic rings. The molecule has 1 aliphatic heterocycles.